The zero-order chi connectivity index (χ0) is 27.3. The first-order valence-corrected chi connectivity index (χ1v) is 12.6. The summed E-state index contributed by atoms with van der Waals surface area (Å²) in [6, 6.07) is 10.4. The third-order valence-electron chi connectivity index (χ3n) is 7.06. The first-order chi connectivity index (χ1) is 20.3. The van der Waals surface area contributed by atoms with E-state index in [0.717, 1.165) is 39.1 Å². The van der Waals surface area contributed by atoms with Crippen LogP contribution in [0.2, 0.25) is 0 Å². The standard InChI is InChI=1S/C29H18N12/c30-13-21-24(37-5-1-31-16-37)9-20(10-25(21)38-6-2-32-17-38)41-26-11-28(39-7-3-33-18-39)35-14-22(26)23-15-36-29(12-27(23)41)40-8-4-34-19-40/h1-12,14-19H. The monoisotopic (exact) mass is 534 g/mol. The predicted octanol–water partition coefficient (Wildman–Crippen LogP) is 4.19. The molecule has 0 fully saturated rings. The van der Waals surface area contributed by atoms with Crippen molar-refractivity contribution in [3.05, 3.63) is 117 Å². The number of hydrogen-bond donors (Lipinski definition) is 0. The van der Waals surface area contributed by atoms with Crippen LogP contribution >= 0.6 is 0 Å². The Balaban J connectivity index is 1.49. The molecule has 0 N–H and O–H groups in total. The number of aromatic nitrogens is 11. The fourth-order valence-electron chi connectivity index (χ4n) is 5.18. The van der Waals surface area contributed by atoms with Crippen LogP contribution in [0, 0.1) is 11.3 Å². The highest BCUT2D eigenvalue weighted by Crippen LogP contribution is 2.35. The molecule has 12 nitrogen and oxygen atoms in total. The summed E-state index contributed by atoms with van der Waals surface area (Å²) in [5.41, 5.74) is 4.54. The van der Waals surface area contributed by atoms with Crippen molar-refractivity contribution < 1.29 is 0 Å². The quantitative estimate of drug-likeness (QED) is 0.324. The van der Waals surface area contributed by atoms with E-state index in [9.17, 15) is 5.26 Å². The van der Waals surface area contributed by atoms with E-state index in [4.69, 9.17) is 9.97 Å². The number of fused-ring (bicyclic) bond motifs is 3. The molecule has 0 bridgehead atoms. The summed E-state index contributed by atoms with van der Waals surface area (Å²) in [5, 5.41) is 12.2. The topological polar surface area (TPSA) is 126 Å². The molecule has 0 spiro atoms. The summed E-state index contributed by atoms with van der Waals surface area (Å²) in [4.78, 5) is 26.3. The fraction of sp³-hybridized carbons (Fsp3) is 0. The number of nitriles is 1. The number of imidazole rings is 4. The Morgan fingerprint density at radius 3 is 1.39 bits per heavy atom. The maximum Gasteiger partial charge on any atom is 0.139 e. The van der Waals surface area contributed by atoms with Crippen molar-refractivity contribution >= 4 is 21.8 Å². The van der Waals surface area contributed by atoms with Gasteiger partial charge in [-0.25, -0.2) is 29.9 Å². The molecule has 0 unspecified atom stereocenters. The van der Waals surface area contributed by atoms with Gasteiger partial charge in [-0.2, -0.15) is 5.26 Å². The molecular weight excluding hydrogens is 516 g/mol. The van der Waals surface area contributed by atoms with Gasteiger partial charge in [0.2, 0.25) is 0 Å². The maximum atomic E-state index is 10.3. The van der Waals surface area contributed by atoms with Gasteiger partial charge < -0.3 is 13.7 Å². The van der Waals surface area contributed by atoms with Gasteiger partial charge in [-0.05, 0) is 12.1 Å². The third-order valence-corrected chi connectivity index (χ3v) is 7.06. The van der Waals surface area contributed by atoms with Crippen LogP contribution in [-0.2, 0) is 0 Å². The van der Waals surface area contributed by atoms with E-state index >= 15 is 0 Å². The SMILES string of the molecule is N#Cc1c(-n2ccnc2)cc(-n2c3cc(-n4ccnc4)ncc3c3cnc(-n4ccnc4)cc32)cc1-n1ccnc1. The second-order valence-electron chi connectivity index (χ2n) is 9.31. The average molecular weight is 535 g/mol. The van der Waals surface area contributed by atoms with Crippen molar-refractivity contribution in [3.63, 3.8) is 0 Å². The molecule has 8 aromatic rings. The summed E-state index contributed by atoms with van der Waals surface area (Å²) in [6.45, 7) is 0. The Hall–Kier alpha value is -6.35. The zero-order valence-corrected chi connectivity index (χ0v) is 21.3. The molecule has 194 valence electrons. The van der Waals surface area contributed by atoms with E-state index < -0.39 is 0 Å². The number of hydrogen-bond acceptors (Lipinski definition) is 7. The van der Waals surface area contributed by atoms with Crippen LogP contribution in [-0.4, -0.2) is 52.7 Å². The van der Waals surface area contributed by atoms with Crippen LogP contribution in [0.3, 0.4) is 0 Å². The highest BCUT2D eigenvalue weighted by Gasteiger charge is 2.20. The van der Waals surface area contributed by atoms with Crippen LogP contribution in [0.15, 0.2) is 112 Å². The molecule has 7 aromatic heterocycles. The summed E-state index contributed by atoms with van der Waals surface area (Å²) >= 11 is 0. The molecule has 12 heteroatoms. The van der Waals surface area contributed by atoms with Gasteiger partial charge in [-0.1, -0.05) is 0 Å². The molecule has 0 aliphatic heterocycles. The number of pyridine rings is 2. The Kier molecular flexibility index (Phi) is 4.88. The van der Waals surface area contributed by atoms with E-state index in [1.165, 1.54) is 0 Å². The summed E-state index contributed by atoms with van der Waals surface area (Å²) in [6.07, 6.45) is 24.7. The lowest BCUT2D eigenvalue weighted by molar-refractivity contribution is 0.987. The van der Waals surface area contributed by atoms with Crippen molar-refractivity contribution in [3.8, 4) is 34.8 Å². The van der Waals surface area contributed by atoms with Gasteiger partial charge in [0.25, 0.3) is 0 Å². The van der Waals surface area contributed by atoms with Gasteiger partial charge in [-0.3, -0.25) is 9.13 Å². The van der Waals surface area contributed by atoms with Gasteiger partial charge in [0, 0.05) is 84.9 Å². The van der Waals surface area contributed by atoms with Crippen molar-refractivity contribution in [1.29, 1.82) is 5.26 Å². The second-order valence-corrected chi connectivity index (χ2v) is 9.31. The van der Waals surface area contributed by atoms with Crippen LogP contribution in [0.1, 0.15) is 5.56 Å². The van der Waals surface area contributed by atoms with Gasteiger partial charge in [0.15, 0.2) is 0 Å². The van der Waals surface area contributed by atoms with Gasteiger partial charge in [0.05, 0.1) is 40.8 Å². The lowest BCUT2D eigenvalue weighted by Crippen LogP contribution is -2.06. The first kappa shape index (κ1) is 22.6. The van der Waals surface area contributed by atoms with Crippen LogP contribution in [0.25, 0.3) is 50.5 Å². The smallest absolute Gasteiger partial charge is 0.139 e. The van der Waals surface area contributed by atoms with E-state index in [1.54, 1.807) is 50.1 Å². The molecule has 0 saturated carbocycles. The van der Waals surface area contributed by atoms with Crippen LogP contribution in [0.4, 0.5) is 0 Å². The van der Waals surface area contributed by atoms with Crippen LogP contribution in [0.5, 0.6) is 0 Å². The molecule has 0 aliphatic rings. The lowest BCUT2D eigenvalue weighted by Gasteiger charge is -2.16. The molecule has 0 saturated heterocycles. The minimum absolute atomic E-state index is 0.493. The fourth-order valence-corrected chi connectivity index (χ4v) is 5.18. The number of rotatable bonds is 5. The molecule has 0 radical (unpaired) electrons. The Morgan fingerprint density at radius 1 is 0.561 bits per heavy atom. The Labute approximate surface area is 231 Å². The largest absolute Gasteiger partial charge is 0.309 e. The number of benzene rings is 1. The molecule has 8 rings (SSSR count). The van der Waals surface area contributed by atoms with E-state index in [2.05, 4.69) is 30.6 Å². The molecule has 0 amide bonds. The van der Waals surface area contributed by atoms with Gasteiger partial charge in [-0.15, -0.1) is 0 Å². The Morgan fingerprint density at radius 2 is 1.00 bits per heavy atom. The molecular formula is C29H18N12. The minimum atomic E-state index is 0.493. The Bertz CT molecular complexity index is 2050. The minimum Gasteiger partial charge on any atom is -0.309 e. The first-order valence-electron chi connectivity index (χ1n) is 12.6. The van der Waals surface area contributed by atoms with E-state index in [0.29, 0.717) is 16.9 Å². The summed E-state index contributed by atoms with van der Waals surface area (Å²) in [7, 11) is 0. The number of nitrogens with zero attached hydrogens (tertiary/aromatic N) is 12. The molecule has 7 heterocycles. The molecule has 41 heavy (non-hydrogen) atoms. The molecule has 0 aliphatic carbocycles. The lowest BCUT2D eigenvalue weighted by atomic mass is 10.1. The van der Waals surface area contributed by atoms with Crippen molar-refractivity contribution in [2.45, 2.75) is 0 Å². The van der Waals surface area contributed by atoms with Gasteiger partial charge >= 0.3 is 0 Å². The van der Waals surface area contributed by atoms with Gasteiger partial charge in [0.1, 0.15) is 35.9 Å². The maximum absolute atomic E-state index is 10.3. The molecule has 1 aromatic carbocycles. The second kappa shape index (κ2) is 8.85. The van der Waals surface area contributed by atoms with Crippen molar-refractivity contribution in [2.24, 2.45) is 0 Å². The molecule has 0 atom stereocenters. The average Bonchev–Trinajstić information content (AvgIpc) is 3.86. The highest BCUT2D eigenvalue weighted by atomic mass is 15.1. The van der Waals surface area contributed by atoms with Crippen LogP contribution < -0.4 is 0 Å². The predicted molar refractivity (Wildman–Crippen MR) is 150 cm³/mol. The van der Waals surface area contributed by atoms with Crippen molar-refractivity contribution in [2.75, 3.05) is 0 Å². The van der Waals surface area contributed by atoms with Crippen molar-refractivity contribution in [1.82, 2.24) is 52.7 Å². The third kappa shape index (κ3) is 3.53. The highest BCUT2D eigenvalue weighted by molar-refractivity contribution is 6.09. The summed E-state index contributed by atoms with van der Waals surface area (Å²) in [5.74, 6) is 1.44. The van der Waals surface area contributed by atoms with E-state index in [-0.39, 0.29) is 0 Å². The normalized spacial score (nSPS) is 11.4. The summed E-state index contributed by atoms with van der Waals surface area (Å²) < 4.78 is 9.57. The zero-order valence-electron chi connectivity index (χ0n) is 21.3. The van der Waals surface area contributed by atoms with E-state index in [1.807, 2.05) is 79.7 Å².